The number of carbonyl (C=O) groups excluding carboxylic acids is 3. The number of esters is 1. The highest BCUT2D eigenvalue weighted by molar-refractivity contribution is 5.96. The number of fused-ring (bicyclic) bond motifs is 1. The maximum atomic E-state index is 13.5. The van der Waals surface area contributed by atoms with E-state index in [2.05, 4.69) is 12.2 Å². The average Bonchev–Trinajstić information content (AvgIpc) is 3.03. The Labute approximate surface area is 186 Å². The zero-order chi connectivity index (χ0) is 22.8. The highest BCUT2D eigenvalue weighted by atomic mass is 16.5. The molecule has 1 saturated heterocycles. The van der Waals surface area contributed by atoms with Gasteiger partial charge in [-0.2, -0.15) is 0 Å². The molecule has 2 rings (SSSR count). The molecule has 0 aromatic carbocycles. The van der Waals surface area contributed by atoms with Gasteiger partial charge < -0.3 is 20.1 Å². The minimum Gasteiger partial charge on any atom is -0.466 e. The summed E-state index contributed by atoms with van der Waals surface area (Å²) in [6.45, 7) is 7.33. The van der Waals surface area contributed by atoms with Crippen molar-refractivity contribution in [1.29, 1.82) is 0 Å². The Hall–Kier alpha value is -1.89. The summed E-state index contributed by atoms with van der Waals surface area (Å²) in [5.74, 6) is -2.14. The second-order valence-electron chi connectivity index (χ2n) is 8.74. The van der Waals surface area contributed by atoms with Crippen molar-refractivity contribution in [3.05, 3.63) is 12.2 Å². The van der Waals surface area contributed by atoms with Crippen LogP contribution in [0, 0.1) is 23.7 Å². The highest BCUT2D eigenvalue weighted by Gasteiger charge is 2.56. The van der Waals surface area contributed by atoms with Crippen LogP contribution in [0.25, 0.3) is 0 Å². The third-order valence-corrected chi connectivity index (χ3v) is 6.49. The van der Waals surface area contributed by atoms with Crippen molar-refractivity contribution < 1.29 is 24.2 Å². The molecule has 2 amide bonds. The van der Waals surface area contributed by atoms with Crippen LogP contribution < -0.4 is 5.32 Å². The zero-order valence-electron chi connectivity index (χ0n) is 19.3. The molecule has 176 valence electrons. The lowest BCUT2D eigenvalue weighted by Gasteiger charge is -2.32. The summed E-state index contributed by atoms with van der Waals surface area (Å²) in [7, 11) is 0. The van der Waals surface area contributed by atoms with Crippen LogP contribution in [0.2, 0.25) is 0 Å². The van der Waals surface area contributed by atoms with Gasteiger partial charge in [-0.15, -0.1) is 0 Å². The van der Waals surface area contributed by atoms with Crippen LogP contribution in [0.3, 0.4) is 0 Å². The number of unbranched alkanes of at least 4 members (excludes halogenated alkanes) is 5. The first-order chi connectivity index (χ1) is 15.0. The fourth-order valence-electron chi connectivity index (χ4n) is 4.87. The van der Waals surface area contributed by atoms with Gasteiger partial charge >= 0.3 is 5.97 Å². The van der Waals surface area contributed by atoms with Gasteiger partial charge in [-0.05, 0) is 32.1 Å². The predicted molar refractivity (Wildman–Crippen MR) is 119 cm³/mol. The molecule has 31 heavy (non-hydrogen) atoms. The smallest absolute Gasteiger partial charge is 0.310 e. The van der Waals surface area contributed by atoms with Crippen molar-refractivity contribution in [2.75, 3.05) is 26.3 Å². The summed E-state index contributed by atoms with van der Waals surface area (Å²) in [6, 6.07) is -0.586. The van der Waals surface area contributed by atoms with Crippen molar-refractivity contribution in [2.24, 2.45) is 23.7 Å². The molecule has 0 radical (unpaired) electrons. The SMILES string of the molecule is CCCCCNC(=O)[C@@H]1[C@H]2C=C[C@@H](C)[C@@H](C(=O)OCC)[C@@H]2C(=O)N1CCCCCCO. The Morgan fingerprint density at radius 3 is 2.52 bits per heavy atom. The molecule has 1 aliphatic heterocycles. The molecule has 7 nitrogen and oxygen atoms in total. The largest absolute Gasteiger partial charge is 0.466 e. The van der Waals surface area contributed by atoms with E-state index in [0.717, 1.165) is 44.9 Å². The monoisotopic (exact) mass is 436 g/mol. The Balaban J connectivity index is 2.21. The van der Waals surface area contributed by atoms with Crippen molar-refractivity contribution >= 4 is 17.8 Å². The second-order valence-corrected chi connectivity index (χ2v) is 8.74. The molecule has 1 aliphatic carbocycles. The molecule has 5 atom stereocenters. The fourth-order valence-corrected chi connectivity index (χ4v) is 4.87. The molecular weight excluding hydrogens is 396 g/mol. The van der Waals surface area contributed by atoms with Gasteiger partial charge in [0, 0.05) is 25.6 Å². The van der Waals surface area contributed by atoms with Crippen LogP contribution in [-0.2, 0) is 19.1 Å². The van der Waals surface area contributed by atoms with Gasteiger partial charge in [-0.25, -0.2) is 0 Å². The number of rotatable bonds is 13. The Morgan fingerprint density at radius 1 is 1.10 bits per heavy atom. The van der Waals surface area contributed by atoms with E-state index in [1.165, 1.54) is 0 Å². The number of ether oxygens (including phenoxy) is 1. The number of nitrogens with one attached hydrogen (secondary N) is 1. The molecular formula is C24H40N2O5. The molecule has 0 aromatic heterocycles. The van der Waals surface area contributed by atoms with Crippen LogP contribution in [0.5, 0.6) is 0 Å². The molecule has 0 unspecified atom stereocenters. The van der Waals surface area contributed by atoms with E-state index in [-0.39, 0.29) is 42.8 Å². The van der Waals surface area contributed by atoms with E-state index < -0.39 is 17.9 Å². The van der Waals surface area contributed by atoms with Crippen molar-refractivity contribution in [3.8, 4) is 0 Å². The molecule has 1 heterocycles. The topological polar surface area (TPSA) is 95.9 Å². The van der Waals surface area contributed by atoms with E-state index in [9.17, 15) is 14.4 Å². The summed E-state index contributed by atoms with van der Waals surface area (Å²) in [6.07, 6.45) is 10.2. The summed E-state index contributed by atoms with van der Waals surface area (Å²) < 4.78 is 5.29. The molecule has 0 saturated carbocycles. The third kappa shape index (κ3) is 6.31. The van der Waals surface area contributed by atoms with Gasteiger partial charge in [-0.1, -0.05) is 51.7 Å². The number of amides is 2. The lowest BCUT2D eigenvalue weighted by Crippen LogP contribution is -2.47. The quantitative estimate of drug-likeness (QED) is 0.263. The number of hydrogen-bond donors (Lipinski definition) is 2. The lowest BCUT2D eigenvalue weighted by atomic mass is 9.70. The van der Waals surface area contributed by atoms with Crippen LogP contribution in [0.4, 0.5) is 0 Å². The third-order valence-electron chi connectivity index (χ3n) is 6.49. The Morgan fingerprint density at radius 2 is 1.84 bits per heavy atom. The first kappa shape index (κ1) is 25.4. The fraction of sp³-hybridized carbons (Fsp3) is 0.792. The molecule has 7 heteroatoms. The molecule has 1 fully saturated rings. The van der Waals surface area contributed by atoms with Gasteiger partial charge in [0.1, 0.15) is 6.04 Å². The predicted octanol–water partition coefficient (Wildman–Crippen LogP) is 2.67. The number of aliphatic hydroxyl groups excluding tert-OH is 1. The van der Waals surface area contributed by atoms with E-state index in [4.69, 9.17) is 9.84 Å². The van der Waals surface area contributed by atoms with Crippen molar-refractivity contribution in [3.63, 3.8) is 0 Å². The van der Waals surface area contributed by atoms with Crippen LogP contribution >= 0.6 is 0 Å². The number of allylic oxidation sites excluding steroid dienone is 1. The number of nitrogens with zero attached hydrogens (tertiary/aromatic N) is 1. The maximum absolute atomic E-state index is 13.5. The number of carbonyl (C=O) groups is 3. The average molecular weight is 437 g/mol. The molecule has 0 aromatic rings. The van der Waals surface area contributed by atoms with Gasteiger partial charge in [0.2, 0.25) is 11.8 Å². The minimum absolute atomic E-state index is 0.109. The Bertz CT molecular complexity index is 635. The normalized spacial score (nSPS) is 27.3. The number of hydrogen-bond acceptors (Lipinski definition) is 5. The molecule has 2 aliphatic rings. The van der Waals surface area contributed by atoms with Crippen LogP contribution in [-0.4, -0.2) is 60.1 Å². The lowest BCUT2D eigenvalue weighted by molar-refractivity contribution is -0.155. The van der Waals surface area contributed by atoms with Crippen molar-refractivity contribution in [2.45, 2.75) is 71.8 Å². The Kier molecular flexibility index (Phi) is 10.5. The van der Waals surface area contributed by atoms with E-state index in [1.54, 1.807) is 11.8 Å². The van der Waals surface area contributed by atoms with Gasteiger partial charge in [0.25, 0.3) is 0 Å². The molecule has 0 bridgehead atoms. The maximum Gasteiger partial charge on any atom is 0.310 e. The van der Waals surface area contributed by atoms with Gasteiger partial charge in [-0.3, -0.25) is 14.4 Å². The highest BCUT2D eigenvalue weighted by Crippen LogP contribution is 2.44. The van der Waals surface area contributed by atoms with E-state index in [1.807, 2.05) is 19.1 Å². The molecule has 2 N–H and O–H groups in total. The van der Waals surface area contributed by atoms with Crippen molar-refractivity contribution in [1.82, 2.24) is 10.2 Å². The zero-order valence-corrected chi connectivity index (χ0v) is 19.3. The summed E-state index contributed by atoms with van der Waals surface area (Å²) >= 11 is 0. The second kappa shape index (κ2) is 12.8. The first-order valence-corrected chi connectivity index (χ1v) is 12.0. The molecule has 0 spiro atoms. The van der Waals surface area contributed by atoms with Crippen LogP contribution in [0.1, 0.15) is 65.7 Å². The standard InChI is InChI=1S/C24H40N2O5/c1-4-6-9-14-25-22(28)21-18-13-12-17(3)19(24(30)31-5-2)20(18)23(29)26(21)15-10-7-8-11-16-27/h12-13,17-21,27H,4-11,14-16H2,1-3H3,(H,25,28)/t17-,18+,19-,20-,21+/m1/s1. The van der Waals surface area contributed by atoms with Gasteiger partial charge in [0.05, 0.1) is 18.4 Å². The number of likely N-dealkylation sites (tertiary alicyclic amines) is 1. The summed E-state index contributed by atoms with van der Waals surface area (Å²) in [5.41, 5.74) is 0. The van der Waals surface area contributed by atoms with E-state index >= 15 is 0 Å². The van der Waals surface area contributed by atoms with Gasteiger partial charge in [0.15, 0.2) is 0 Å². The first-order valence-electron chi connectivity index (χ1n) is 12.0. The van der Waals surface area contributed by atoms with Crippen LogP contribution in [0.15, 0.2) is 12.2 Å². The number of aliphatic hydroxyl groups is 1. The van der Waals surface area contributed by atoms with E-state index in [0.29, 0.717) is 13.1 Å². The summed E-state index contributed by atoms with van der Waals surface area (Å²) in [4.78, 5) is 41.0. The summed E-state index contributed by atoms with van der Waals surface area (Å²) in [5, 5.41) is 12.0. The minimum atomic E-state index is -0.586.